The molecular formula is C30H30O7. The number of ether oxygens (including phenoxy) is 1. The molecular weight excluding hydrogens is 472 g/mol. The average Bonchev–Trinajstić information content (AvgIpc) is 2.95. The van der Waals surface area contributed by atoms with Crippen LogP contribution in [-0.2, 0) is 4.74 Å². The van der Waals surface area contributed by atoms with Crippen LogP contribution in [0.1, 0.15) is 20.7 Å². The Balaban J connectivity index is 0.000000210. The van der Waals surface area contributed by atoms with E-state index in [1.807, 2.05) is 84.9 Å². The number of aliphatic hydroxyl groups is 2. The van der Waals surface area contributed by atoms with Crippen molar-refractivity contribution in [3.8, 4) is 22.3 Å². The van der Waals surface area contributed by atoms with E-state index in [0.29, 0.717) is 24.3 Å². The van der Waals surface area contributed by atoms with Crippen molar-refractivity contribution in [1.82, 2.24) is 0 Å². The fourth-order valence-corrected chi connectivity index (χ4v) is 3.31. The van der Waals surface area contributed by atoms with Gasteiger partial charge in [0, 0.05) is 0 Å². The molecule has 7 heteroatoms. The van der Waals surface area contributed by atoms with Crippen LogP contribution < -0.4 is 0 Å². The predicted octanol–water partition coefficient (Wildman–Crippen LogP) is 5.09. The van der Waals surface area contributed by atoms with Crippen LogP contribution in [0.5, 0.6) is 0 Å². The van der Waals surface area contributed by atoms with Crippen molar-refractivity contribution in [2.75, 3.05) is 26.4 Å². The summed E-state index contributed by atoms with van der Waals surface area (Å²) in [6.45, 7) is 0.696. The highest BCUT2D eigenvalue weighted by atomic mass is 16.5. The van der Waals surface area contributed by atoms with E-state index in [4.69, 9.17) is 20.4 Å². The van der Waals surface area contributed by atoms with Gasteiger partial charge in [0.1, 0.15) is 0 Å². The summed E-state index contributed by atoms with van der Waals surface area (Å²) >= 11 is 0. The molecule has 37 heavy (non-hydrogen) atoms. The number of benzene rings is 4. The van der Waals surface area contributed by atoms with Gasteiger partial charge in [-0.3, -0.25) is 0 Å². The average molecular weight is 503 g/mol. The van der Waals surface area contributed by atoms with Crippen molar-refractivity contribution in [3.63, 3.8) is 0 Å². The minimum Gasteiger partial charge on any atom is -0.478 e. The van der Waals surface area contributed by atoms with Gasteiger partial charge >= 0.3 is 11.9 Å². The van der Waals surface area contributed by atoms with Crippen LogP contribution in [0.15, 0.2) is 109 Å². The molecule has 0 unspecified atom stereocenters. The molecule has 0 aliphatic rings. The maximum absolute atomic E-state index is 11.0. The Labute approximate surface area is 215 Å². The lowest BCUT2D eigenvalue weighted by atomic mass is 10.00. The first kappa shape index (κ1) is 28.9. The second-order valence-corrected chi connectivity index (χ2v) is 7.49. The highest BCUT2D eigenvalue weighted by Gasteiger charge is 2.10. The highest BCUT2D eigenvalue weighted by Crippen LogP contribution is 2.24. The van der Waals surface area contributed by atoms with E-state index in [0.717, 1.165) is 22.3 Å². The predicted molar refractivity (Wildman–Crippen MR) is 143 cm³/mol. The summed E-state index contributed by atoms with van der Waals surface area (Å²) in [6, 6.07) is 33.0. The van der Waals surface area contributed by atoms with Gasteiger partial charge in [-0.25, -0.2) is 9.59 Å². The third-order valence-electron chi connectivity index (χ3n) is 4.96. The van der Waals surface area contributed by atoms with Crippen LogP contribution in [0.25, 0.3) is 22.3 Å². The van der Waals surface area contributed by atoms with Crippen LogP contribution in [0.2, 0.25) is 0 Å². The van der Waals surface area contributed by atoms with Crippen molar-refractivity contribution in [2.45, 2.75) is 0 Å². The molecule has 0 radical (unpaired) electrons. The number of carbonyl (C=O) groups is 2. The molecule has 4 N–H and O–H groups in total. The fraction of sp³-hybridized carbons (Fsp3) is 0.133. The van der Waals surface area contributed by atoms with Crippen LogP contribution in [0.3, 0.4) is 0 Å². The SMILES string of the molecule is O=C(O)c1ccccc1-c1ccccc1.O=C(O)c1ccccc1-c1ccccc1.OCCOCCO. The van der Waals surface area contributed by atoms with Crippen molar-refractivity contribution in [1.29, 1.82) is 0 Å². The van der Waals surface area contributed by atoms with Crippen molar-refractivity contribution in [3.05, 3.63) is 120 Å². The molecule has 0 atom stereocenters. The van der Waals surface area contributed by atoms with E-state index in [9.17, 15) is 9.59 Å². The molecule has 0 aliphatic carbocycles. The molecule has 0 saturated heterocycles. The molecule has 0 saturated carbocycles. The summed E-state index contributed by atoms with van der Waals surface area (Å²) in [6.07, 6.45) is 0. The Morgan fingerprint density at radius 2 is 0.838 bits per heavy atom. The first-order valence-corrected chi connectivity index (χ1v) is 11.5. The summed E-state index contributed by atoms with van der Waals surface area (Å²) in [5, 5.41) is 34.2. The molecule has 4 aromatic carbocycles. The zero-order valence-corrected chi connectivity index (χ0v) is 20.2. The molecule has 0 spiro atoms. The lowest BCUT2D eigenvalue weighted by molar-refractivity contribution is 0.0650. The summed E-state index contributed by atoms with van der Waals surface area (Å²) in [7, 11) is 0. The number of carboxylic acid groups (broad SMARTS) is 2. The van der Waals surface area contributed by atoms with Crippen LogP contribution in [-0.4, -0.2) is 58.8 Å². The standard InChI is InChI=1S/2C13H10O2.C4H10O3/c2*14-13(15)12-9-5-4-8-11(12)10-6-2-1-3-7-10;5-1-3-7-4-2-6/h2*1-9H,(H,14,15);5-6H,1-4H2. The Kier molecular flexibility index (Phi) is 12.8. The lowest BCUT2D eigenvalue weighted by Crippen LogP contribution is -2.03. The third-order valence-corrected chi connectivity index (χ3v) is 4.96. The van der Waals surface area contributed by atoms with Gasteiger partial charge in [0.05, 0.1) is 37.6 Å². The zero-order valence-electron chi connectivity index (χ0n) is 20.2. The summed E-state index contributed by atoms with van der Waals surface area (Å²) < 4.78 is 4.63. The summed E-state index contributed by atoms with van der Waals surface area (Å²) in [5.74, 6) is -1.79. The van der Waals surface area contributed by atoms with Crippen LogP contribution in [0, 0.1) is 0 Å². The largest absolute Gasteiger partial charge is 0.478 e. The highest BCUT2D eigenvalue weighted by molar-refractivity contribution is 5.96. The molecule has 0 fully saturated rings. The van der Waals surface area contributed by atoms with Crippen molar-refractivity contribution in [2.24, 2.45) is 0 Å². The maximum Gasteiger partial charge on any atom is 0.336 e. The molecule has 192 valence electrons. The van der Waals surface area contributed by atoms with E-state index in [2.05, 4.69) is 4.74 Å². The lowest BCUT2D eigenvalue weighted by Gasteiger charge is -2.05. The molecule has 7 nitrogen and oxygen atoms in total. The van der Waals surface area contributed by atoms with Crippen LogP contribution >= 0.6 is 0 Å². The zero-order chi connectivity index (χ0) is 26.9. The minimum absolute atomic E-state index is 0.0278. The topological polar surface area (TPSA) is 124 Å². The molecule has 0 amide bonds. The molecule has 0 aliphatic heterocycles. The quantitative estimate of drug-likeness (QED) is 0.247. The van der Waals surface area contributed by atoms with E-state index >= 15 is 0 Å². The van der Waals surface area contributed by atoms with Gasteiger partial charge in [-0.05, 0) is 34.4 Å². The number of carboxylic acids is 2. The molecule has 4 aromatic rings. The van der Waals surface area contributed by atoms with Gasteiger partial charge < -0.3 is 25.2 Å². The monoisotopic (exact) mass is 502 g/mol. The van der Waals surface area contributed by atoms with E-state index in [-0.39, 0.29) is 13.2 Å². The smallest absolute Gasteiger partial charge is 0.336 e. The first-order valence-electron chi connectivity index (χ1n) is 11.5. The van der Waals surface area contributed by atoms with Gasteiger partial charge in [-0.2, -0.15) is 0 Å². The van der Waals surface area contributed by atoms with E-state index in [1.165, 1.54) is 0 Å². The van der Waals surface area contributed by atoms with Gasteiger partial charge in [0.15, 0.2) is 0 Å². The number of hydrogen-bond donors (Lipinski definition) is 4. The second-order valence-electron chi connectivity index (χ2n) is 7.49. The molecule has 0 bridgehead atoms. The first-order chi connectivity index (χ1) is 18.0. The van der Waals surface area contributed by atoms with Crippen molar-refractivity contribution >= 4 is 11.9 Å². The normalized spacial score (nSPS) is 9.78. The van der Waals surface area contributed by atoms with Crippen molar-refractivity contribution < 1.29 is 34.8 Å². The number of aromatic carboxylic acids is 2. The third kappa shape index (κ3) is 9.70. The van der Waals surface area contributed by atoms with E-state index in [1.54, 1.807) is 24.3 Å². The Bertz CT molecular complexity index is 1130. The van der Waals surface area contributed by atoms with Crippen LogP contribution in [0.4, 0.5) is 0 Å². The van der Waals surface area contributed by atoms with Gasteiger partial charge in [0.2, 0.25) is 0 Å². The number of aliphatic hydroxyl groups excluding tert-OH is 2. The fourth-order valence-electron chi connectivity index (χ4n) is 3.31. The van der Waals surface area contributed by atoms with Gasteiger partial charge in [0.25, 0.3) is 0 Å². The summed E-state index contributed by atoms with van der Waals surface area (Å²) in [4.78, 5) is 22.0. The second kappa shape index (κ2) is 16.4. The molecule has 0 heterocycles. The number of hydrogen-bond acceptors (Lipinski definition) is 5. The van der Waals surface area contributed by atoms with E-state index < -0.39 is 11.9 Å². The maximum atomic E-state index is 11.0. The van der Waals surface area contributed by atoms with Gasteiger partial charge in [-0.1, -0.05) is 97.1 Å². The Morgan fingerprint density at radius 1 is 0.514 bits per heavy atom. The summed E-state index contributed by atoms with van der Waals surface area (Å²) in [5.41, 5.74) is 4.04. The molecule has 4 rings (SSSR count). The molecule has 0 aromatic heterocycles. The minimum atomic E-state index is -0.894. The Hall–Kier alpha value is -4.30. The Morgan fingerprint density at radius 3 is 1.16 bits per heavy atom. The van der Waals surface area contributed by atoms with Gasteiger partial charge in [-0.15, -0.1) is 0 Å². The number of rotatable bonds is 8.